The van der Waals surface area contributed by atoms with Crippen LogP contribution in [0.3, 0.4) is 0 Å². The molecule has 2 unspecified atom stereocenters. The van der Waals surface area contributed by atoms with Gasteiger partial charge in [-0.2, -0.15) is 0 Å². The zero-order chi connectivity index (χ0) is 14.9. The zero-order valence-corrected chi connectivity index (χ0v) is 14.3. The van der Waals surface area contributed by atoms with Crippen LogP contribution in [0.4, 0.5) is 0 Å². The first-order valence-electron chi connectivity index (χ1n) is 6.84. The fraction of sp³-hybridized carbons (Fsp3) is 0.467. The van der Waals surface area contributed by atoms with Crippen LogP contribution in [-0.2, 0) is 19.3 Å². The highest BCUT2D eigenvalue weighted by molar-refractivity contribution is 7.93. The first-order chi connectivity index (χ1) is 9.83. The molecule has 0 spiro atoms. The lowest BCUT2D eigenvalue weighted by Gasteiger charge is -2.38. The van der Waals surface area contributed by atoms with Crippen LogP contribution in [0.15, 0.2) is 35.0 Å². The lowest BCUT2D eigenvalue weighted by molar-refractivity contribution is 0.275. The summed E-state index contributed by atoms with van der Waals surface area (Å²) >= 11 is 3.04. The Labute approximate surface area is 132 Å². The number of rotatable bonds is 2. The summed E-state index contributed by atoms with van der Waals surface area (Å²) in [5.41, 5.74) is -0.879. The van der Waals surface area contributed by atoms with E-state index in [-0.39, 0.29) is 11.4 Å². The molecule has 2 aromatic heterocycles. The normalized spacial score (nSPS) is 36.1. The Morgan fingerprint density at radius 3 is 2.10 bits per heavy atom. The first-order valence-corrected chi connectivity index (χ1v) is 10.2. The van der Waals surface area contributed by atoms with Crippen molar-refractivity contribution in [3.8, 4) is 0 Å². The number of hydrogen-bond acceptors (Lipinski definition) is 5. The predicted molar refractivity (Wildman–Crippen MR) is 85.7 cm³/mol. The van der Waals surface area contributed by atoms with Crippen molar-refractivity contribution in [1.29, 1.82) is 0 Å². The number of sulfone groups is 1. The van der Waals surface area contributed by atoms with Crippen molar-refractivity contribution in [3.63, 3.8) is 0 Å². The Morgan fingerprint density at radius 1 is 1.05 bits per heavy atom. The maximum absolute atomic E-state index is 13.2. The summed E-state index contributed by atoms with van der Waals surface area (Å²) in [4.78, 5) is 1.81. The van der Waals surface area contributed by atoms with Crippen molar-refractivity contribution in [3.05, 3.63) is 44.8 Å². The molecule has 2 saturated heterocycles. The Bertz CT molecular complexity index is 742. The Morgan fingerprint density at radius 2 is 1.62 bits per heavy atom. The molecule has 21 heavy (non-hydrogen) atoms. The molecular weight excluding hydrogens is 324 g/mol. The lowest BCUT2D eigenvalue weighted by Crippen LogP contribution is -2.50. The number of hydrogen-bond donors (Lipinski definition) is 0. The van der Waals surface area contributed by atoms with Gasteiger partial charge in [-0.05, 0) is 36.7 Å². The van der Waals surface area contributed by atoms with E-state index in [1.807, 2.05) is 48.9 Å². The quantitative estimate of drug-likeness (QED) is 0.787. The van der Waals surface area contributed by atoms with Gasteiger partial charge in [0, 0.05) is 16.2 Å². The second-order valence-electron chi connectivity index (χ2n) is 6.28. The van der Waals surface area contributed by atoms with Crippen LogP contribution in [0.1, 0.15) is 30.0 Å². The van der Waals surface area contributed by atoms with E-state index in [0.717, 1.165) is 9.75 Å². The summed E-state index contributed by atoms with van der Waals surface area (Å²) in [5.74, 6) is 0.0896. The van der Waals surface area contributed by atoms with Crippen LogP contribution in [-0.4, -0.2) is 25.4 Å². The van der Waals surface area contributed by atoms with Crippen molar-refractivity contribution in [2.75, 3.05) is 5.75 Å². The molecule has 4 rings (SSSR count). The molecule has 4 heterocycles. The SMILES string of the molecule is CC12CC(c3cccs3)(c3cccs3)S(=O)(=O)CC1(C)O2. The number of fused-ring (bicyclic) bond motifs is 1. The summed E-state index contributed by atoms with van der Waals surface area (Å²) in [7, 11) is -3.34. The van der Waals surface area contributed by atoms with Crippen molar-refractivity contribution in [2.24, 2.45) is 0 Å². The van der Waals surface area contributed by atoms with Crippen molar-refractivity contribution >= 4 is 32.5 Å². The molecule has 2 fully saturated rings. The predicted octanol–water partition coefficient (Wildman–Crippen LogP) is 3.42. The van der Waals surface area contributed by atoms with Crippen LogP contribution < -0.4 is 0 Å². The van der Waals surface area contributed by atoms with Gasteiger partial charge in [-0.25, -0.2) is 8.42 Å². The molecule has 0 bridgehead atoms. The van der Waals surface area contributed by atoms with Gasteiger partial charge in [0.1, 0.15) is 10.3 Å². The number of thiophene rings is 2. The van der Waals surface area contributed by atoms with Crippen LogP contribution in [0.25, 0.3) is 0 Å². The topological polar surface area (TPSA) is 46.7 Å². The molecule has 0 aliphatic carbocycles. The summed E-state index contributed by atoms with van der Waals surface area (Å²) in [6.45, 7) is 3.95. The largest absolute Gasteiger partial charge is 0.362 e. The van der Waals surface area contributed by atoms with Crippen molar-refractivity contribution < 1.29 is 13.2 Å². The molecule has 2 atom stereocenters. The molecule has 0 N–H and O–H groups in total. The molecular formula is C15H16O3S3. The lowest BCUT2D eigenvalue weighted by atomic mass is 9.84. The Kier molecular flexibility index (Phi) is 2.64. The third-order valence-corrected chi connectivity index (χ3v) is 9.85. The third kappa shape index (κ3) is 1.64. The summed E-state index contributed by atoms with van der Waals surface area (Å²) in [6, 6.07) is 7.73. The third-order valence-electron chi connectivity index (χ3n) is 4.95. The maximum Gasteiger partial charge on any atom is 0.169 e. The molecule has 0 radical (unpaired) electrons. The molecule has 2 aromatic rings. The molecule has 0 saturated carbocycles. The molecule has 0 aromatic carbocycles. The van der Waals surface area contributed by atoms with E-state index < -0.39 is 20.2 Å². The Balaban J connectivity index is 1.99. The molecule has 3 nitrogen and oxygen atoms in total. The fourth-order valence-corrected chi connectivity index (χ4v) is 8.93. The van der Waals surface area contributed by atoms with E-state index in [2.05, 4.69) is 0 Å². The van der Waals surface area contributed by atoms with Crippen LogP contribution >= 0.6 is 22.7 Å². The van der Waals surface area contributed by atoms with E-state index in [1.54, 1.807) is 0 Å². The van der Waals surface area contributed by atoms with Crippen LogP contribution in [0.2, 0.25) is 0 Å². The van der Waals surface area contributed by atoms with Crippen molar-refractivity contribution in [1.82, 2.24) is 0 Å². The van der Waals surface area contributed by atoms with E-state index in [9.17, 15) is 8.42 Å². The maximum atomic E-state index is 13.2. The highest BCUT2D eigenvalue weighted by atomic mass is 32.2. The van der Waals surface area contributed by atoms with Gasteiger partial charge in [0.25, 0.3) is 0 Å². The van der Waals surface area contributed by atoms with Gasteiger partial charge < -0.3 is 4.74 Å². The zero-order valence-electron chi connectivity index (χ0n) is 11.8. The standard InChI is InChI=1S/C15H16O3S3/c1-13-9-15(11-5-3-7-19-11,12-6-4-8-20-12)21(16,17)10-14(13,2)18-13/h3-8H,9-10H2,1-2H3. The molecule has 2 aliphatic rings. The van der Waals surface area contributed by atoms with E-state index in [0.29, 0.717) is 6.42 Å². The smallest absolute Gasteiger partial charge is 0.169 e. The minimum atomic E-state index is -3.34. The Hall–Kier alpha value is -0.690. The molecule has 0 amide bonds. The molecule has 112 valence electrons. The van der Waals surface area contributed by atoms with Gasteiger partial charge in [0.15, 0.2) is 9.84 Å². The van der Waals surface area contributed by atoms with Gasteiger partial charge >= 0.3 is 0 Å². The average molecular weight is 340 g/mol. The summed E-state index contributed by atoms with van der Waals surface area (Å²) in [6.07, 6.45) is 0.500. The number of ether oxygens (including phenoxy) is 1. The highest BCUT2D eigenvalue weighted by Gasteiger charge is 2.74. The van der Waals surface area contributed by atoms with Crippen LogP contribution in [0, 0.1) is 0 Å². The van der Waals surface area contributed by atoms with E-state index >= 15 is 0 Å². The second-order valence-corrected chi connectivity index (χ2v) is 10.4. The minimum Gasteiger partial charge on any atom is -0.362 e. The minimum absolute atomic E-state index is 0.0896. The monoisotopic (exact) mass is 340 g/mol. The summed E-state index contributed by atoms with van der Waals surface area (Å²) < 4.78 is 31.4. The fourth-order valence-electron chi connectivity index (χ4n) is 3.57. The van der Waals surface area contributed by atoms with E-state index in [4.69, 9.17) is 4.74 Å². The average Bonchev–Trinajstić information content (AvgIpc) is 2.94. The van der Waals surface area contributed by atoms with Gasteiger partial charge in [0.2, 0.25) is 0 Å². The summed E-state index contributed by atoms with van der Waals surface area (Å²) in [5, 5.41) is 3.90. The molecule has 6 heteroatoms. The van der Waals surface area contributed by atoms with Gasteiger partial charge in [0.05, 0.1) is 11.4 Å². The highest BCUT2D eigenvalue weighted by Crippen LogP contribution is 2.63. The van der Waals surface area contributed by atoms with Gasteiger partial charge in [-0.1, -0.05) is 12.1 Å². The molecule has 2 aliphatic heterocycles. The van der Waals surface area contributed by atoms with Crippen molar-refractivity contribution in [2.45, 2.75) is 36.2 Å². The van der Waals surface area contributed by atoms with E-state index in [1.165, 1.54) is 22.7 Å². The van der Waals surface area contributed by atoms with Gasteiger partial charge in [-0.15, -0.1) is 22.7 Å². The van der Waals surface area contributed by atoms with Crippen LogP contribution in [0.5, 0.6) is 0 Å². The first kappa shape index (κ1) is 13.9. The number of epoxide rings is 1. The van der Waals surface area contributed by atoms with Gasteiger partial charge in [-0.3, -0.25) is 0 Å². The second kappa shape index (κ2) is 3.98.